The molecule has 1 saturated carbocycles. The van der Waals surface area contributed by atoms with Crippen LogP contribution in [-0.4, -0.2) is 53.2 Å². The zero-order chi connectivity index (χ0) is 22.9. The molecule has 1 aromatic carbocycles. The van der Waals surface area contributed by atoms with Gasteiger partial charge in [-0.05, 0) is 49.6 Å². The smallest absolute Gasteiger partial charge is 0.242 e. The second-order valence-corrected chi connectivity index (χ2v) is 11.0. The van der Waals surface area contributed by atoms with Crippen molar-refractivity contribution in [3.05, 3.63) is 53.7 Å². The number of aryl methyl sites for hydroxylation is 1. The molecule has 2 aromatic heterocycles. The summed E-state index contributed by atoms with van der Waals surface area (Å²) in [5, 5.41) is 12.1. The predicted octanol–water partition coefficient (Wildman–Crippen LogP) is 3.09. The first-order valence-corrected chi connectivity index (χ1v) is 12.6. The summed E-state index contributed by atoms with van der Waals surface area (Å²) in [7, 11) is -0.649. The van der Waals surface area contributed by atoms with Crippen molar-refractivity contribution in [1.29, 1.82) is 0 Å². The third kappa shape index (κ3) is 4.89. The molecule has 0 spiro atoms. The summed E-state index contributed by atoms with van der Waals surface area (Å²) < 4.78 is 33.4. The van der Waals surface area contributed by atoms with Crippen LogP contribution >= 0.6 is 11.8 Å². The van der Waals surface area contributed by atoms with E-state index < -0.39 is 10.0 Å². The van der Waals surface area contributed by atoms with Crippen molar-refractivity contribution in [2.45, 2.75) is 42.3 Å². The molecular formula is C21H25N5O4S2. The fourth-order valence-corrected chi connectivity index (χ4v) is 4.85. The zero-order valence-electron chi connectivity index (χ0n) is 18.1. The van der Waals surface area contributed by atoms with Crippen LogP contribution in [0.25, 0.3) is 0 Å². The first-order valence-electron chi connectivity index (χ1n) is 10.2. The monoisotopic (exact) mass is 475 g/mol. The van der Waals surface area contributed by atoms with Crippen molar-refractivity contribution in [1.82, 2.24) is 19.1 Å². The molecule has 1 N–H and O–H groups in total. The van der Waals surface area contributed by atoms with Crippen LogP contribution in [-0.2, 0) is 21.4 Å². The van der Waals surface area contributed by atoms with Gasteiger partial charge in [-0.2, -0.15) is 0 Å². The molecule has 0 saturated heterocycles. The number of benzene rings is 1. The minimum Gasteiger partial charge on any atom is -0.467 e. The van der Waals surface area contributed by atoms with Gasteiger partial charge in [0.2, 0.25) is 15.9 Å². The number of aromatic nitrogens is 3. The Hall–Kier alpha value is -2.63. The quantitative estimate of drug-likeness (QED) is 0.474. The van der Waals surface area contributed by atoms with E-state index in [1.54, 1.807) is 12.3 Å². The summed E-state index contributed by atoms with van der Waals surface area (Å²) in [4.78, 5) is 12.8. The van der Waals surface area contributed by atoms with Gasteiger partial charge in [-0.1, -0.05) is 17.8 Å². The second kappa shape index (κ2) is 9.08. The Labute approximate surface area is 191 Å². The lowest BCUT2D eigenvalue weighted by molar-refractivity contribution is -0.113. The number of thioether (sulfide) groups is 1. The van der Waals surface area contributed by atoms with Crippen LogP contribution in [0, 0.1) is 6.92 Å². The van der Waals surface area contributed by atoms with E-state index in [4.69, 9.17) is 4.42 Å². The van der Waals surface area contributed by atoms with Gasteiger partial charge in [-0.3, -0.25) is 9.36 Å². The van der Waals surface area contributed by atoms with E-state index >= 15 is 0 Å². The van der Waals surface area contributed by atoms with Crippen LogP contribution in [0.4, 0.5) is 5.69 Å². The standard InChI is InChI=1S/C21H25N5O4S2/c1-14-6-9-17(32(28,29)25(2)3)11-18(14)22-19(27)13-31-21-24-23-20(15-7-8-15)26(21)12-16-5-4-10-30-16/h4-6,9-11,15H,7-8,12-13H2,1-3H3,(H,22,27). The van der Waals surface area contributed by atoms with Gasteiger partial charge in [-0.25, -0.2) is 12.7 Å². The summed E-state index contributed by atoms with van der Waals surface area (Å²) >= 11 is 1.29. The van der Waals surface area contributed by atoms with Gasteiger partial charge >= 0.3 is 0 Å². The molecule has 0 unspecified atom stereocenters. The summed E-state index contributed by atoms with van der Waals surface area (Å²) in [6.07, 6.45) is 3.81. The fourth-order valence-electron chi connectivity index (χ4n) is 3.18. The number of hydrogen-bond acceptors (Lipinski definition) is 7. The van der Waals surface area contributed by atoms with Crippen LogP contribution in [0.3, 0.4) is 0 Å². The van der Waals surface area contributed by atoms with E-state index in [1.807, 2.05) is 23.6 Å². The number of sulfonamides is 1. The Morgan fingerprint density at radius 2 is 2.06 bits per heavy atom. The minimum atomic E-state index is -3.59. The van der Waals surface area contributed by atoms with E-state index in [9.17, 15) is 13.2 Å². The van der Waals surface area contributed by atoms with Gasteiger partial charge in [0.05, 0.1) is 23.5 Å². The topological polar surface area (TPSA) is 110 Å². The molecule has 0 bridgehead atoms. The molecule has 0 radical (unpaired) electrons. The molecule has 32 heavy (non-hydrogen) atoms. The van der Waals surface area contributed by atoms with Crippen LogP contribution in [0.1, 0.15) is 35.9 Å². The Kier molecular flexibility index (Phi) is 6.40. The number of carbonyl (C=O) groups is 1. The van der Waals surface area contributed by atoms with E-state index in [-0.39, 0.29) is 16.6 Å². The highest BCUT2D eigenvalue weighted by atomic mass is 32.2. The molecule has 0 aliphatic heterocycles. The molecule has 170 valence electrons. The molecule has 3 aromatic rings. The molecule has 0 atom stereocenters. The Morgan fingerprint density at radius 1 is 1.28 bits per heavy atom. The maximum Gasteiger partial charge on any atom is 0.242 e. The number of furan rings is 1. The zero-order valence-corrected chi connectivity index (χ0v) is 19.7. The van der Waals surface area contributed by atoms with Gasteiger partial charge in [-0.15, -0.1) is 10.2 Å². The number of rotatable bonds is 9. The molecule has 1 amide bonds. The van der Waals surface area contributed by atoms with Gasteiger partial charge in [0, 0.05) is 25.7 Å². The number of carbonyl (C=O) groups excluding carboxylic acids is 1. The highest BCUT2D eigenvalue weighted by Crippen LogP contribution is 2.40. The molecule has 11 heteroatoms. The number of anilines is 1. The van der Waals surface area contributed by atoms with E-state index in [0.717, 1.165) is 34.3 Å². The Balaban J connectivity index is 1.46. The Bertz CT molecular complexity index is 1220. The van der Waals surface area contributed by atoms with Crippen molar-refractivity contribution in [3.8, 4) is 0 Å². The SMILES string of the molecule is Cc1ccc(S(=O)(=O)N(C)C)cc1NC(=O)CSc1nnc(C2CC2)n1Cc1ccco1. The lowest BCUT2D eigenvalue weighted by Crippen LogP contribution is -2.22. The summed E-state index contributed by atoms with van der Waals surface area (Å²) in [6.45, 7) is 2.33. The number of hydrogen-bond donors (Lipinski definition) is 1. The van der Waals surface area contributed by atoms with Gasteiger partial charge < -0.3 is 9.73 Å². The van der Waals surface area contributed by atoms with Crippen molar-refractivity contribution in [3.63, 3.8) is 0 Å². The van der Waals surface area contributed by atoms with Crippen LogP contribution in [0.2, 0.25) is 0 Å². The fraction of sp³-hybridized carbons (Fsp3) is 0.381. The average molecular weight is 476 g/mol. The first kappa shape index (κ1) is 22.6. The lowest BCUT2D eigenvalue weighted by atomic mass is 10.2. The third-order valence-electron chi connectivity index (χ3n) is 5.18. The summed E-state index contributed by atoms with van der Waals surface area (Å²) in [5.74, 6) is 1.99. The summed E-state index contributed by atoms with van der Waals surface area (Å²) in [6, 6.07) is 8.43. The maximum absolute atomic E-state index is 12.6. The van der Waals surface area contributed by atoms with Crippen LogP contribution in [0.15, 0.2) is 51.1 Å². The normalized spacial score (nSPS) is 14.1. The van der Waals surface area contributed by atoms with Gasteiger partial charge in [0.1, 0.15) is 11.6 Å². The molecule has 9 nitrogen and oxygen atoms in total. The van der Waals surface area contributed by atoms with Crippen molar-refractivity contribution in [2.75, 3.05) is 25.2 Å². The molecule has 4 rings (SSSR count). The molecule has 1 aliphatic carbocycles. The van der Waals surface area contributed by atoms with Gasteiger partial charge in [0.25, 0.3) is 0 Å². The van der Waals surface area contributed by atoms with Crippen LogP contribution < -0.4 is 5.32 Å². The second-order valence-electron chi connectivity index (χ2n) is 7.88. The van der Waals surface area contributed by atoms with Gasteiger partial charge in [0.15, 0.2) is 5.16 Å². The minimum absolute atomic E-state index is 0.116. The molecule has 2 heterocycles. The van der Waals surface area contributed by atoms with Crippen molar-refractivity contribution in [2.24, 2.45) is 0 Å². The maximum atomic E-state index is 12.6. The molecule has 1 aliphatic rings. The summed E-state index contributed by atoms with van der Waals surface area (Å²) in [5.41, 5.74) is 1.24. The highest BCUT2D eigenvalue weighted by Gasteiger charge is 2.31. The van der Waals surface area contributed by atoms with E-state index in [1.165, 1.54) is 38.0 Å². The largest absolute Gasteiger partial charge is 0.467 e. The third-order valence-corrected chi connectivity index (χ3v) is 7.95. The molecular weight excluding hydrogens is 450 g/mol. The first-order chi connectivity index (χ1) is 15.3. The Morgan fingerprint density at radius 3 is 2.72 bits per heavy atom. The number of nitrogens with zero attached hydrogens (tertiary/aromatic N) is 4. The highest BCUT2D eigenvalue weighted by molar-refractivity contribution is 7.99. The van der Waals surface area contributed by atoms with E-state index in [2.05, 4.69) is 15.5 Å². The number of amides is 1. The van der Waals surface area contributed by atoms with Crippen molar-refractivity contribution >= 4 is 33.4 Å². The van der Waals surface area contributed by atoms with E-state index in [0.29, 0.717) is 23.3 Å². The predicted molar refractivity (Wildman–Crippen MR) is 121 cm³/mol. The molecule has 1 fully saturated rings. The number of nitrogens with one attached hydrogen (secondary N) is 1. The van der Waals surface area contributed by atoms with Crippen molar-refractivity contribution < 1.29 is 17.6 Å². The van der Waals surface area contributed by atoms with Crippen LogP contribution in [0.5, 0.6) is 0 Å². The average Bonchev–Trinajstić information content (AvgIpc) is 3.31. The lowest BCUT2D eigenvalue weighted by Gasteiger charge is -2.14.